The second kappa shape index (κ2) is 5.14. The summed E-state index contributed by atoms with van der Waals surface area (Å²) in [7, 11) is 0. The molecule has 1 amide bonds. The number of halogens is 1. The number of carbonyl (C=O) groups is 1. The van der Waals surface area contributed by atoms with Crippen LogP contribution in [0.3, 0.4) is 0 Å². The van der Waals surface area contributed by atoms with E-state index in [2.05, 4.69) is 0 Å². The van der Waals surface area contributed by atoms with Gasteiger partial charge in [-0.15, -0.1) is 0 Å². The maximum atomic E-state index is 12.7. The zero-order valence-corrected chi connectivity index (χ0v) is 9.30. The fourth-order valence-electron chi connectivity index (χ4n) is 1.81. The Morgan fingerprint density at radius 2 is 2.12 bits per heavy atom. The minimum absolute atomic E-state index is 0.00232. The molecule has 1 aliphatic heterocycles. The van der Waals surface area contributed by atoms with Crippen LogP contribution in [-0.2, 0) is 11.3 Å². The topological polar surface area (TPSA) is 49.8 Å². The molecule has 5 heteroatoms. The van der Waals surface area contributed by atoms with Gasteiger partial charge in [0.05, 0.1) is 6.54 Å². The Balaban J connectivity index is 1.95. The van der Waals surface area contributed by atoms with Crippen molar-refractivity contribution in [2.45, 2.75) is 19.1 Å². The van der Waals surface area contributed by atoms with E-state index in [9.17, 15) is 9.18 Å². The van der Waals surface area contributed by atoms with E-state index in [1.165, 1.54) is 12.1 Å². The highest BCUT2D eigenvalue weighted by atomic mass is 19.1. The molecule has 2 rings (SSSR count). The summed E-state index contributed by atoms with van der Waals surface area (Å²) < 4.78 is 17.8. The zero-order chi connectivity index (χ0) is 12.3. The van der Waals surface area contributed by atoms with Gasteiger partial charge in [0.15, 0.2) is 0 Å². The summed E-state index contributed by atoms with van der Waals surface area (Å²) in [5, 5.41) is 8.77. The van der Waals surface area contributed by atoms with Crippen LogP contribution in [0.4, 0.5) is 9.18 Å². The molecule has 1 aliphatic rings. The first kappa shape index (κ1) is 11.9. The number of ether oxygens (including phenoxy) is 1. The van der Waals surface area contributed by atoms with Crippen LogP contribution in [0.5, 0.6) is 0 Å². The molecule has 0 spiro atoms. The number of hydrogen-bond donors (Lipinski definition) is 1. The molecule has 0 saturated carbocycles. The lowest BCUT2D eigenvalue weighted by Crippen LogP contribution is -2.24. The summed E-state index contributed by atoms with van der Waals surface area (Å²) in [5.41, 5.74) is 0.855. The Hall–Kier alpha value is -1.62. The normalized spacial score (nSPS) is 19.5. The molecule has 0 radical (unpaired) electrons. The monoisotopic (exact) mass is 239 g/mol. The van der Waals surface area contributed by atoms with Crippen molar-refractivity contribution in [3.8, 4) is 0 Å². The zero-order valence-electron chi connectivity index (χ0n) is 9.30. The first-order valence-corrected chi connectivity index (χ1v) is 5.50. The van der Waals surface area contributed by atoms with Gasteiger partial charge in [-0.2, -0.15) is 0 Å². The van der Waals surface area contributed by atoms with Crippen molar-refractivity contribution >= 4 is 6.09 Å². The van der Waals surface area contributed by atoms with Gasteiger partial charge in [-0.3, -0.25) is 0 Å². The molecule has 1 heterocycles. The van der Waals surface area contributed by atoms with E-state index in [1.54, 1.807) is 17.0 Å². The third kappa shape index (κ3) is 2.94. The Morgan fingerprint density at radius 1 is 1.41 bits per heavy atom. The largest absolute Gasteiger partial charge is 0.444 e. The molecule has 1 fully saturated rings. The highest BCUT2D eigenvalue weighted by Crippen LogP contribution is 2.17. The van der Waals surface area contributed by atoms with Crippen LogP contribution in [0, 0.1) is 5.82 Å². The molecule has 17 heavy (non-hydrogen) atoms. The summed E-state index contributed by atoms with van der Waals surface area (Å²) >= 11 is 0. The number of aliphatic hydroxyl groups is 1. The van der Waals surface area contributed by atoms with E-state index in [0.717, 1.165) is 5.56 Å². The molecule has 1 atom stereocenters. The lowest BCUT2D eigenvalue weighted by atomic mass is 10.2. The van der Waals surface area contributed by atoms with Crippen molar-refractivity contribution in [1.82, 2.24) is 4.90 Å². The Labute approximate surface area is 98.6 Å². The lowest BCUT2D eigenvalue weighted by molar-refractivity contribution is 0.117. The van der Waals surface area contributed by atoms with E-state index in [1.807, 2.05) is 0 Å². The smallest absolute Gasteiger partial charge is 0.410 e. The molecular weight excluding hydrogens is 225 g/mol. The van der Waals surface area contributed by atoms with Crippen LogP contribution >= 0.6 is 0 Å². The predicted octanol–water partition coefficient (Wildman–Crippen LogP) is 1.53. The SMILES string of the molecule is O=C1OC(CCO)CN1Cc1ccc(F)cc1. The fourth-order valence-corrected chi connectivity index (χ4v) is 1.81. The number of cyclic esters (lactones) is 1. The number of amides is 1. The summed E-state index contributed by atoms with van der Waals surface area (Å²) in [6.45, 7) is 0.875. The van der Waals surface area contributed by atoms with E-state index in [0.29, 0.717) is 19.5 Å². The molecule has 1 unspecified atom stereocenters. The highest BCUT2D eigenvalue weighted by molar-refractivity contribution is 5.69. The molecular formula is C12H14FNO3. The van der Waals surface area contributed by atoms with Crippen molar-refractivity contribution in [2.24, 2.45) is 0 Å². The van der Waals surface area contributed by atoms with Crippen LogP contribution in [0.1, 0.15) is 12.0 Å². The second-order valence-electron chi connectivity index (χ2n) is 4.03. The van der Waals surface area contributed by atoms with Gasteiger partial charge in [0.2, 0.25) is 0 Å². The van der Waals surface area contributed by atoms with Crippen molar-refractivity contribution in [2.75, 3.05) is 13.2 Å². The Kier molecular flexibility index (Phi) is 3.58. The first-order valence-electron chi connectivity index (χ1n) is 5.50. The quantitative estimate of drug-likeness (QED) is 0.866. The Bertz CT molecular complexity index is 393. The average molecular weight is 239 g/mol. The number of benzene rings is 1. The van der Waals surface area contributed by atoms with Crippen LogP contribution in [0.2, 0.25) is 0 Å². The molecule has 1 aromatic rings. The molecule has 1 N–H and O–H groups in total. The number of rotatable bonds is 4. The minimum Gasteiger partial charge on any atom is -0.444 e. The average Bonchev–Trinajstić information content (AvgIpc) is 2.63. The van der Waals surface area contributed by atoms with Gasteiger partial charge in [-0.25, -0.2) is 9.18 Å². The molecule has 0 bridgehead atoms. The summed E-state index contributed by atoms with van der Waals surface area (Å²) in [6, 6.07) is 6.01. The second-order valence-corrected chi connectivity index (χ2v) is 4.03. The van der Waals surface area contributed by atoms with Gasteiger partial charge in [0, 0.05) is 19.6 Å². The number of hydrogen-bond acceptors (Lipinski definition) is 3. The highest BCUT2D eigenvalue weighted by Gasteiger charge is 2.30. The van der Waals surface area contributed by atoms with Crippen molar-refractivity contribution in [3.05, 3.63) is 35.6 Å². The summed E-state index contributed by atoms with van der Waals surface area (Å²) in [4.78, 5) is 13.0. The molecule has 1 saturated heterocycles. The minimum atomic E-state index is -0.382. The van der Waals surface area contributed by atoms with Gasteiger partial charge < -0.3 is 14.7 Å². The van der Waals surface area contributed by atoms with E-state index < -0.39 is 0 Å². The summed E-state index contributed by atoms with van der Waals surface area (Å²) in [6.07, 6.45) is -0.174. The van der Waals surface area contributed by atoms with E-state index >= 15 is 0 Å². The third-order valence-corrected chi connectivity index (χ3v) is 2.69. The number of carbonyl (C=O) groups excluding carboxylic acids is 1. The van der Waals surface area contributed by atoms with Gasteiger partial charge in [0.1, 0.15) is 11.9 Å². The Morgan fingerprint density at radius 3 is 2.76 bits per heavy atom. The van der Waals surface area contributed by atoms with Crippen LogP contribution in [-0.4, -0.2) is 35.4 Å². The van der Waals surface area contributed by atoms with E-state index in [-0.39, 0.29) is 24.6 Å². The van der Waals surface area contributed by atoms with Crippen molar-refractivity contribution in [1.29, 1.82) is 0 Å². The van der Waals surface area contributed by atoms with Gasteiger partial charge >= 0.3 is 6.09 Å². The first-order chi connectivity index (χ1) is 8.19. The molecule has 92 valence electrons. The molecule has 1 aromatic carbocycles. The maximum absolute atomic E-state index is 12.7. The predicted molar refractivity (Wildman–Crippen MR) is 58.8 cm³/mol. The van der Waals surface area contributed by atoms with Crippen molar-refractivity contribution < 1.29 is 19.0 Å². The molecule has 4 nitrogen and oxygen atoms in total. The lowest BCUT2D eigenvalue weighted by Gasteiger charge is -2.12. The van der Waals surface area contributed by atoms with Crippen LogP contribution in [0.15, 0.2) is 24.3 Å². The van der Waals surface area contributed by atoms with Crippen molar-refractivity contribution in [3.63, 3.8) is 0 Å². The van der Waals surface area contributed by atoms with Crippen LogP contribution < -0.4 is 0 Å². The van der Waals surface area contributed by atoms with Gasteiger partial charge in [0.25, 0.3) is 0 Å². The van der Waals surface area contributed by atoms with Gasteiger partial charge in [-0.05, 0) is 17.7 Å². The number of aliphatic hydroxyl groups excluding tert-OH is 1. The number of nitrogens with zero attached hydrogens (tertiary/aromatic N) is 1. The standard InChI is InChI=1S/C12H14FNO3/c13-10-3-1-9(2-4-10)7-14-8-11(5-6-15)17-12(14)16/h1-4,11,15H,5-8H2. The van der Waals surface area contributed by atoms with Gasteiger partial charge in [-0.1, -0.05) is 12.1 Å². The summed E-state index contributed by atoms with van der Waals surface area (Å²) in [5.74, 6) is -0.295. The maximum Gasteiger partial charge on any atom is 0.410 e. The van der Waals surface area contributed by atoms with Crippen LogP contribution in [0.25, 0.3) is 0 Å². The molecule has 0 aromatic heterocycles. The molecule has 0 aliphatic carbocycles. The third-order valence-electron chi connectivity index (χ3n) is 2.69. The fraction of sp³-hybridized carbons (Fsp3) is 0.417. The van der Waals surface area contributed by atoms with E-state index in [4.69, 9.17) is 9.84 Å².